The summed E-state index contributed by atoms with van der Waals surface area (Å²) in [6.45, 7) is 5.62. The van der Waals surface area contributed by atoms with Crippen molar-refractivity contribution in [3.63, 3.8) is 0 Å². The third-order valence-electron chi connectivity index (χ3n) is 5.90. The Morgan fingerprint density at radius 3 is 2.79 bits per heavy atom. The molecule has 0 saturated carbocycles. The summed E-state index contributed by atoms with van der Waals surface area (Å²) < 4.78 is 6.87. The van der Waals surface area contributed by atoms with Crippen LogP contribution in [0.15, 0.2) is 77.7 Å². The van der Waals surface area contributed by atoms with Crippen LogP contribution in [0, 0.1) is 0 Å². The minimum Gasteiger partial charge on any atom is -0.482 e. The van der Waals surface area contributed by atoms with Crippen molar-refractivity contribution in [2.75, 3.05) is 18.1 Å². The Morgan fingerprint density at radius 1 is 1.24 bits per heavy atom. The molecule has 2 aromatic heterocycles. The monoisotopic (exact) mass is 471 g/mol. The number of hydrogen-bond donors (Lipinski definition) is 0. The Labute approximate surface area is 199 Å². The van der Waals surface area contributed by atoms with Crippen LogP contribution < -0.4 is 15.2 Å². The fourth-order valence-corrected chi connectivity index (χ4v) is 5.01. The van der Waals surface area contributed by atoms with Gasteiger partial charge < -0.3 is 9.64 Å². The number of benzene rings is 2. The molecule has 0 bridgehead atoms. The molecule has 8 heteroatoms. The van der Waals surface area contributed by atoms with Crippen LogP contribution in [0.3, 0.4) is 0 Å². The fourth-order valence-electron chi connectivity index (χ4n) is 4.10. The van der Waals surface area contributed by atoms with E-state index in [-0.39, 0.29) is 23.9 Å². The minimum atomic E-state index is -0.793. The predicted molar refractivity (Wildman–Crippen MR) is 133 cm³/mol. The number of fused-ring (bicyclic) bond motifs is 2. The van der Waals surface area contributed by atoms with Crippen LogP contribution in [0.2, 0.25) is 0 Å². The third-order valence-corrected chi connectivity index (χ3v) is 6.79. The van der Waals surface area contributed by atoms with Crippen molar-refractivity contribution in [2.45, 2.75) is 13.0 Å². The van der Waals surface area contributed by atoms with Crippen LogP contribution in [-0.4, -0.2) is 34.4 Å². The standard InChI is InChI=1S/C26H21N3O4S/c1-3-11-28-20-12-18(9-10-21(20)33-13-22(28)30)24(31)16(2)29-15-27-25-23(26(29)32)19(14-34-25)17-7-5-4-6-8-17/h3-10,12,14-16H,1,11,13H2,2H3. The minimum absolute atomic E-state index is 0.0595. The highest BCUT2D eigenvalue weighted by atomic mass is 32.1. The molecule has 0 radical (unpaired) electrons. The molecule has 1 aliphatic rings. The van der Waals surface area contributed by atoms with Crippen LogP contribution in [-0.2, 0) is 4.79 Å². The summed E-state index contributed by atoms with van der Waals surface area (Å²) in [6, 6.07) is 13.8. The number of amides is 1. The predicted octanol–water partition coefficient (Wildman–Crippen LogP) is 4.48. The molecule has 1 atom stereocenters. The molecule has 4 aromatic rings. The first-order valence-corrected chi connectivity index (χ1v) is 11.6. The number of Topliss-reactive ketones (excluding diaryl/α,β-unsaturated/α-hetero) is 1. The Morgan fingerprint density at radius 2 is 2.03 bits per heavy atom. The topological polar surface area (TPSA) is 81.5 Å². The van der Waals surface area contributed by atoms with E-state index in [4.69, 9.17) is 4.74 Å². The molecule has 0 saturated heterocycles. The first-order chi connectivity index (χ1) is 16.5. The molecule has 170 valence electrons. The van der Waals surface area contributed by atoms with E-state index in [1.165, 1.54) is 27.1 Å². The zero-order valence-electron chi connectivity index (χ0n) is 18.4. The average molecular weight is 472 g/mol. The zero-order valence-corrected chi connectivity index (χ0v) is 19.2. The molecule has 0 spiro atoms. The van der Waals surface area contributed by atoms with Crippen molar-refractivity contribution in [3.05, 3.63) is 88.8 Å². The number of thiophene rings is 1. The number of anilines is 1. The lowest BCUT2D eigenvalue weighted by molar-refractivity contribution is -0.121. The van der Waals surface area contributed by atoms with E-state index in [1.54, 1.807) is 31.2 Å². The molecule has 1 aliphatic heterocycles. The Kier molecular flexibility index (Phi) is 5.59. The van der Waals surface area contributed by atoms with Gasteiger partial charge in [0.2, 0.25) is 0 Å². The number of ether oxygens (including phenoxy) is 1. The van der Waals surface area contributed by atoms with Crippen molar-refractivity contribution >= 4 is 38.9 Å². The van der Waals surface area contributed by atoms with Gasteiger partial charge in [-0.2, -0.15) is 0 Å². The van der Waals surface area contributed by atoms with Gasteiger partial charge in [-0.15, -0.1) is 17.9 Å². The van der Waals surface area contributed by atoms with Crippen LogP contribution in [0.25, 0.3) is 21.3 Å². The molecule has 0 fully saturated rings. The summed E-state index contributed by atoms with van der Waals surface area (Å²) in [5, 5.41) is 2.42. The maximum absolute atomic E-state index is 13.5. The molecule has 0 aliphatic carbocycles. The number of carbonyl (C=O) groups excluding carboxylic acids is 2. The first kappa shape index (κ1) is 21.8. The van der Waals surface area contributed by atoms with Gasteiger partial charge in [-0.05, 0) is 30.7 Å². The normalized spacial score (nSPS) is 13.9. The Hall–Kier alpha value is -4.04. The van der Waals surface area contributed by atoms with Gasteiger partial charge in [0.05, 0.1) is 23.4 Å². The summed E-state index contributed by atoms with van der Waals surface area (Å²) in [5.74, 6) is 0.0533. The molecule has 1 amide bonds. The van der Waals surface area contributed by atoms with E-state index < -0.39 is 6.04 Å². The molecular formula is C26H21N3O4S. The number of aromatic nitrogens is 2. The number of nitrogens with zero attached hydrogens (tertiary/aromatic N) is 3. The summed E-state index contributed by atoms with van der Waals surface area (Å²) in [6.07, 6.45) is 3.04. The van der Waals surface area contributed by atoms with Gasteiger partial charge in [-0.1, -0.05) is 36.4 Å². The van der Waals surface area contributed by atoms with Crippen molar-refractivity contribution in [2.24, 2.45) is 0 Å². The zero-order chi connectivity index (χ0) is 23.8. The quantitative estimate of drug-likeness (QED) is 0.306. The molecule has 0 N–H and O–H groups in total. The molecule has 34 heavy (non-hydrogen) atoms. The third kappa shape index (κ3) is 3.62. The summed E-state index contributed by atoms with van der Waals surface area (Å²) >= 11 is 1.40. The van der Waals surface area contributed by atoms with Gasteiger partial charge in [-0.25, -0.2) is 4.98 Å². The van der Waals surface area contributed by atoms with Crippen LogP contribution >= 0.6 is 11.3 Å². The van der Waals surface area contributed by atoms with Gasteiger partial charge in [-0.3, -0.25) is 19.0 Å². The summed E-state index contributed by atoms with van der Waals surface area (Å²) in [5.41, 5.74) is 2.34. The molecule has 3 heterocycles. The lowest BCUT2D eigenvalue weighted by Crippen LogP contribution is -2.39. The highest BCUT2D eigenvalue weighted by molar-refractivity contribution is 7.17. The van der Waals surface area contributed by atoms with E-state index in [0.29, 0.717) is 33.8 Å². The largest absolute Gasteiger partial charge is 0.482 e. The summed E-state index contributed by atoms with van der Waals surface area (Å²) in [7, 11) is 0. The second-order valence-corrected chi connectivity index (χ2v) is 8.82. The van der Waals surface area contributed by atoms with Crippen LogP contribution in [0.1, 0.15) is 23.3 Å². The number of carbonyl (C=O) groups is 2. The highest BCUT2D eigenvalue weighted by Crippen LogP contribution is 2.34. The first-order valence-electron chi connectivity index (χ1n) is 10.8. The van der Waals surface area contributed by atoms with Gasteiger partial charge >= 0.3 is 0 Å². The van der Waals surface area contributed by atoms with E-state index in [2.05, 4.69) is 11.6 Å². The van der Waals surface area contributed by atoms with Crippen molar-refractivity contribution < 1.29 is 14.3 Å². The molecule has 5 rings (SSSR count). The van der Waals surface area contributed by atoms with Gasteiger partial charge in [0.25, 0.3) is 11.5 Å². The van der Waals surface area contributed by atoms with E-state index in [1.807, 2.05) is 35.7 Å². The molecule has 7 nitrogen and oxygen atoms in total. The number of hydrogen-bond acceptors (Lipinski definition) is 6. The smallest absolute Gasteiger partial charge is 0.265 e. The summed E-state index contributed by atoms with van der Waals surface area (Å²) in [4.78, 5) is 45.8. The second-order valence-electron chi connectivity index (χ2n) is 7.96. The van der Waals surface area contributed by atoms with E-state index in [0.717, 1.165) is 11.1 Å². The maximum atomic E-state index is 13.5. The van der Waals surface area contributed by atoms with E-state index in [9.17, 15) is 14.4 Å². The Balaban J connectivity index is 1.54. The van der Waals surface area contributed by atoms with Crippen molar-refractivity contribution in [1.82, 2.24) is 9.55 Å². The van der Waals surface area contributed by atoms with Crippen molar-refractivity contribution in [3.8, 4) is 16.9 Å². The molecule has 2 aromatic carbocycles. The van der Waals surface area contributed by atoms with Crippen molar-refractivity contribution in [1.29, 1.82) is 0 Å². The average Bonchev–Trinajstić information content (AvgIpc) is 3.31. The number of rotatable bonds is 6. The Bertz CT molecular complexity index is 1490. The number of ketones is 1. The highest BCUT2D eigenvalue weighted by Gasteiger charge is 2.27. The van der Waals surface area contributed by atoms with Gasteiger partial charge in [0, 0.05) is 23.1 Å². The van der Waals surface area contributed by atoms with Gasteiger partial charge in [0.15, 0.2) is 12.4 Å². The van der Waals surface area contributed by atoms with Gasteiger partial charge in [0.1, 0.15) is 10.6 Å². The lowest BCUT2D eigenvalue weighted by atomic mass is 10.0. The SMILES string of the molecule is C=CCN1C(=O)COc2ccc(C(=O)C(C)n3cnc4scc(-c5ccccc5)c4c3=O)cc21. The molecular weight excluding hydrogens is 450 g/mol. The maximum Gasteiger partial charge on any atom is 0.265 e. The fraction of sp³-hybridized carbons (Fsp3) is 0.154. The van der Waals surface area contributed by atoms with E-state index >= 15 is 0 Å². The van der Waals surface area contributed by atoms with Crippen LogP contribution in [0.5, 0.6) is 5.75 Å². The molecule has 1 unspecified atom stereocenters. The van der Waals surface area contributed by atoms with Crippen LogP contribution in [0.4, 0.5) is 5.69 Å². The lowest BCUT2D eigenvalue weighted by Gasteiger charge is -2.29. The second kappa shape index (κ2) is 8.72.